The van der Waals surface area contributed by atoms with Gasteiger partial charge in [-0.3, -0.25) is 0 Å². The fraction of sp³-hybridized carbons (Fsp3) is 0.381. The third-order valence-electron chi connectivity index (χ3n) is 5.25. The van der Waals surface area contributed by atoms with Crippen molar-refractivity contribution >= 4 is 17.6 Å². The second kappa shape index (κ2) is 8.03. The fourth-order valence-electron chi connectivity index (χ4n) is 3.87. The lowest BCUT2D eigenvalue weighted by Gasteiger charge is -2.39. The van der Waals surface area contributed by atoms with Gasteiger partial charge in [-0.25, -0.2) is 4.79 Å². The van der Waals surface area contributed by atoms with Crippen molar-refractivity contribution < 1.29 is 9.90 Å². The molecular weight excluding hydrogens is 334 g/mol. The average molecular weight is 358 g/mol. The minimum absolute atomic E-state index is 0.0948. The zero-order valence-corrected chi connectivity index (χ0v) is 15.1. The molecule has 1 aliphatic carbocycles. The maximum atomic E-state index is 10.9. The molecule has 0 aromatic heterocycles. The number of benzene rings is 2. The average Bonchev–Trinajstić information content (AvgIpc) is 2.63. The lowest BCUT2D eigenvalue weighted by Crippen LogP contribution is -2.40. The molecule has 0 unspecified atom stereocenters. The number of carboxylic acid groups (broad SMARTS) is 1. The van der Waals surface area contributed by atoms with Crippen molar-refractivity contribution in [1.82, 2.24) is 5.32 Å². The molecule has 0 radical (unpaired) electrons. The molecule has 132 valence electrons. The van der Waals surface area contributed by atoms with Crippen LogP contribution in [0, 0.1) is 0 Å². The third-order valence-corrected chi connectivity index (χ3v) is 5.58. The normalized spacial score (nSPS) is 16.5. The Morgan fingerprint density at radius 3 is 2.36 bits per heavy atom. The molecule has 0 atom stereocenters. The molecule has 2 aromatic rings. The van der Waals surface area contributed by atoms with E-state index in [-0.39, 0.29) is 5.41 Å². The standard InChI is InChI=1S/C21H24ClNO2/c22-19-7-3-2-6-18(19)21(12-4-1-5-13-21)15-23-14-16-8-10-17(11-9-16)20(24)25/h2-3,6-11,23H,1,4-5,12-15H2,(H,24,25). The van der Waals surface area contributed by atoms with Gasteiger partial charge in [0.05, 0.1) is 5.56 Å². The molecule has 3 nitrogen and oxygen atoms in total. The minimum atomic E-state index is -0.889. The Morgan fingerprint density at radius 1 is 1.04 bits per heavy atom. The number of aromatic carboxylic acids is 1. The Kier molecular flexibility index (Phi) is 5.77. The number of halogens is 1. The first-order valence-electron chi connectivity index (χ1n) is 8.89. The molecule has 1 fully saturated rings. The van der Waals surface area contributed by atoms with Crippen LogP contribution in [0.15, 0.2) is 48.5 Å². The van der Waals surface area contributed by atoms with Crippen molar-refractivity contribution in [2.75, 3.05) is 6.54 Å². The fourth-order valence-corrected chi connectivity index (χ4v) is 4.21. The molecular formula is C21H24ClNO2. The third kappa shape index (κ3) is 4.23. The summed E-state index contributed by atoms with van der Waals surface area (Å²) in [6, 6.07) is 15.3. The zero-order chi connectivity index (χ0) is 17.7. The van der Waals surface area contributed by atoms with Gasteiger partial charge in [-0.05, 0) is 42.2 Å². The summed E-state index contributed by atoms with van der Waals surface area (Å²) >= 11 is 6.51. The van der Waals surface area contributed by atoms with Crippen LogP contribution in [0.3, 0.4) is 0 Å². The van der Waals surface area contributed by atoms with Gasteiger partial charge in [-0.2, -0.15) is 0 Å². The van der Waals surface area contributed by atoms with Crippen molar-refractivity contribution in [2.45, 2.75) is 44.1 Å². The second-order valence-electron chi connectivity index (χ2n) is 6.93. The van der Waals surface area contributed by atoms with Crippen molar-refractivity contribution in [3.8, 4) is 0 Å². The van der Waals surface area contributed by atoms with Gasteiger partial charge in [0.15, 0.2) is 0 Å². The van der Waals surface area contributed by atoms with Crippen LogP contribution in [-0.4, -0.2) is 17.6 Å². The maximum absolute atomic E-state index is 10.9. The molecule has 0 bridgehead atoms. The van der Waals surface area contributed by atoms with Crippen molar-refractivity contribution in [2.24, 2.45) is 0 Å². The molecule has 2 aromatic carbocycles. The molecule has 0 spiro atoms. The lowest BCUT2D eigenvalue weighted by atomic mass is 9.69. The molecule has 3 rings (SSSR count). The van der Waals surface area contributed by atoms with Crippen LogP contribution in [0.4, 0.5) is 0 Å². The molecule has 25 heavy (non-hydrogen) atoms. The highest BCUT2D eigenvalue weighted by Crippen LogP contribution is 2.41. The summed E-state index contributed by atoms with van der Waals surface area (Å²) in [5.74, 6) is -0.889. The van der Waals surface area contributed by atoms with Gasteiger partial charge in [-0.1, -0.05) is 61.2 Å². The van der Waals surface area contributed by atoms with Crippen LogP contribution in [0.25, 0.3) is 0 Å². The van der Waals surface area contributed by atoms with E-state index in [2.05, 4.69) is 17.4 Å². The van der Waals surface area contributed by atoms with Crippen molar-refractivity contribution in [3.05, 3.63) is 70.2 Å². The predicted octanol–water partition coefficient (Wildman–Crippen LogP) is 5.03. The summed E-state index contributed by atoms with van der Waals surface area (Å²) in [5, 5.41) is 13.4. The van der Waals surface area contributed by atoms with Gasteiger partial charge in [0, 0.05) is 23.5 Å². The summed E-state index contributed by atoms with van der Waals surface area (Å²) in [7, 11) is 0. The van der Waals surface area contributed by atoms with Gasteiger partial charge >= 0.3 is 5.97 Å². The highest BCUT2D eigenvalue weighted by atomic mass is 35.5. The Hall–Kier alpha value is -1.84. The number of nitrogens with one attached hydrogen (secondary N) is 1. The monoisotopic (exact) mass is 357 g/mol. The summed E-state index contributed by atoms with van der Waals surface area (Å²) in [6.07, 6.45) is 6.08. The van der Waals surface area contributed by atoms with Crippen LogP contribution < -0.4 is 5.32 Å². The highest BCUT2D eigenvalue weighted by molar-refractivity contribution is 6.31. The van der Waals surface area contributed by atoms with Gasteiger partial charge in [0.2, 0.25) is 0 Å². The van der Waals surface area contributed by atoms with Crippen LogP contribution >= 0.6 is 11.6 Å². The highest BCUT2D eigenvalue weighted by Gasteiger charge is 2.34. The number of rotatable bonds is 6. The smallest absolute Gasteiger partial charge is 0.335 e. The lowest BCUT2D eigenvalue weighted by molar-refractivity contribution is 0.0697. The van der Waals surface area contributed by atoms with Crippen LogP contribution in [0.2, 0.25) is 5.02 Å². The summed E-state index contributed by atoms with van der Waals surface area (Å²) < 4.78 is 0. The van der Waals surface area contributed by atoms with Gasteiger partial charge in [0.1, 0.15) is 0 Å². The Balaban J connectivity index is 1.69. The second-order valence-corrected chi connectivity index (χ2v) is 7.33. The molecule has 0 aliphatic heterocycles. The van der Waals surface area contributed by atoms with Crippen molar-refractivity contribution in [3.63, 3.8) is 0 Å². The van der Waals surface area contributed by atoms with E-state index in [1.54, 1.807) is 12.1 Å². The van der Waals surface area contributed by atoms with Gasteiger partial charge in [0.25, 0.3) is 0 Å². The molecule has 0 amide bonds. The van der Waals surface area contributed by atoms with E-state index < -0.39 is 5.97 Å². The van der Waals surface area contributed by atoms with Crippen LogP contribution in [-0.2, 0) is 12.0 Å². The Bertz CT molecular complexity index is 721. The van der Waals surface area contributed by atoms with Crippen molar-refractivity contribution in [1.29, 1.82) is 0 Å². The number of carbonyl (C=O) groups is 1. The van der Waals surface area contributed by atoms with E-state index >= 15 is 0 Å². The quantitative estimate of drug-likeness (QED) is 0.762. The molecule has 1 saturated carbocycles. The number of hydrogen-bond donors (Lipinski definition) is 2. The summed E-state index contributed by atoms with van der Waals surface area (Å²) in [6.45, 7) is 1.61. The summed E-state index contributed by atoms with van der Waals surface area (Å²) in [4.78, 5) is 10.9. The number of hydrogen-bond acceptors (Lipinski definition) is 2. The van der Waals surface area contributed by atoms with E-state index in [9.17, 15) is 4.79 Å². The zero-order valence-electron chi connectivity index (χ0n) is 14.3. The maximum Gasteiger partial charge on any atom is 0.335 e. The van der Waals surface area contributed by atoms with E-state index in [4.69, 9.17) is 16.7 Å². The minimum Gasteiger partial charge on any atom is -0.478 e. The largest absolute Gasteiger partial charge is 0.478 e. The van der Waals surface area contributed by atoms with E-state index in [1.807, 2.05) is 24.3 Å². The molecule has 4 heteroatoms. The topological polar surface area (TPSA) is 49.3 Å². The van der Waals surface area contributed by atoms with E-state index in [1.165, 1.54) is 24.8 Å². The molecule has 1 aliphatic rings. The number of carboxylic acids is 1. The van der Waals surface area contributed by atoms with Crippen LogP contribution in [0.5, 0.6) is 0 Å². The van der Waals surface area contributed by atoms with Crippen LogP contribution in [0.1, 0.15) is 53.6 Å². The Labute approximate surface area is 154 Å². The molecule has 0 saturated heterocycles. The van der Waals surface area contributed by atoms with Gasteiger partial charge < -0.3 is 10.4 Å². The predicted molar refractivity (Wildman–Crippen MR) is 101 cm³/mol. The first-order valence-corrected chi connectivity index (χ1v) is 9.26. The Morgan fingerprint density at radius 2 is 1.72 bits per heavy atom. The first-order chi connectivity index (χ1) is 12.1. The van der Waals surface area contributed by atoms with E-state index in [0.29, 0.717) is 5.56 Å². The SMILES string of the molecule is O=C(O)c1ccc(CNCC2(c3ccccc3Cl)CCCCC2)cc1. The molecule has 0 heterocycles. The summed E-state index contributed by atoms with van der Waals surface area (Å²) in [5.41, 5.74) is 2.77. The van der Waals surface area contributed by atoms with E-state index in [0.717, 1.165) is 36.5 Å². The molecule has 2 N–H and O–H groups in total. The van der Waals surface area contributed by atoms with Gasteiger partial charge in [-0.15, -0.1) is 0 Å². The first kappa shape index (κ1) is 18.0.